The van der Waals surface area contributed by atoms with Gasteiger partial charge >= 0.3 is 0 Å². The van der Waals surface area contributed by atoms with Crippen LogP contribution >= 0.6 is 23.4 Å². The average Bonchev–Trinajstić information content (AvgIpc) is 2.62. The summed E-state index contributed by atoms with van der Waals surface area (Å²) in [5.41, 5.74) is -0.414. The molecule has 1 amide bonds. The summed E-state index contributed by atoms with van der Waals surface area (Å²) >= 11 is 7.18. The summed E-state index contributed by atoms with van der Waals surface area (Å²) in [5.74, 6) is -2.44. The van der Waals surface area contributed by atoms with Crippen LogP contribution in [0.2, 0.25) is 5.02 Å². The zero-order chi connectivity index (χ0) is 20.3. The van der Waals surface area contributed by atoms with E-state index in [2.05, 4.69) is 5.32 Å². The van der Waals surface area contributed by atoms with Crippen LogP contribution in [0.5, 0.6) is 0 Å². The molecule has 0 aliphatic carbocycles. The molecule has 0 unspecified atom stereocenters. The van der Waals surface area contributed by atoms with Crippen LogP contribution in [0.4, 0.5) is 20.2 Å². The van der Waals surface area contributed by atoms with Crippen molar-refractivity contribution in [3.8, 4) is 0 Å². The van der Waals surface area contributed by atoms with Gasteiger partial charge in [0.25, 0.3) is 11.6 Å². The number of nitrogens with one attached hydrogen (secondary N) is 1. The van der Waals surface area contributed by atoms with E-state index < -0.39 is 22.5 Å². The number of carbonyl (C=O) groups excluding carboxylic acids is 1. The Morgan fingerprint density at radius 1 is 1.00 bits per heavy atom. The quantitative estimate of drug-likeness (QED) is 0.410. The summed E-state index contributed by atoms with van der Waals surface area (Å²) < 4.78 is 26.5. The van der Waals surface area contributed by atoms with Crippen molar-refractivity contribution in [2.75, 3.05) is 5.32 Å². The van der Waals surface area contributed by atoms with Crippen LogP contribution in [0, 0.1) is 21.7 Å². The van der Waals surface area contributed by atoms with E-state index in [0.717, 1.165) is 30.0 Å². The monoisotopic (exact) mass is 420 g/mol. The van der Waals surface area contributed by atoms with Gasteiger partial charge in [-0.3, -0.25) is 14.9 Å². The van der Waals surface area contributed by atoms with Crippen molar-refractivity contribution in [3.63, 3.8) is 0 Å². The van der Waals surface area contributed by atoms with Gasteiger partial charge in [-0.2, -0.15) is 0 Å². The number of nitrogens with zero attached hydrogens (tertiary/aromatic N) is 1. The maximum atomic E-state index is 13.2. The Kier molecular flexibility index (Phi) is 5.91. The molecule has 0 atom stereocenters. The van der Waals surface area contributed by atoms with Crippen LogP contribution in [-0.2, 0) is 0 Å². The standard InChI is InChI=1S/C19H11ClF2N2O3S/c20-15-3-1-2-4-17(15)28-18-6-5-11(7-16(18)24(26)27)19(25)23-14-9-12(21)8-13(22)10-14/h1-10H,(H,23,25). The lowest BCUT2D eigenvalue weighted by Crippen LogP contribution is -2.12. The van der Waals surface area contributed by atoms with Crippen molar-refractivity contribution in [2.45, 2.75) is 9.79 Å². The lowest BCUT2D eigenvalue weighted by molar-refractivity contribution is -0.387. The Labute approximate surface area is 167 Å². The van der Waals surface area contributed by atoms with Gasteiger partial charge in [-0.25, -0.2) is 8.78 Å². The number of rotatable bonds is 5. The Morgan fingerprint density at radius 2 is 1.68 bits per heavy atom. The molecule has 3 aromatic carbocycles. The molecule has 0 aliphatic rings. The van der Waals surface area contributed by atoms with E-state index in [1.807, 2.05) is 0 Å². The predicted octanol–water partition coefficient (Wildman–Crippen LogP) is 5.93. The van der Waals surface area contributed by atoms with Crippen molar-refractivity contribution < 1.29 is 18.5 Å². The first kappa shape index (κ1) is 19.8. The Balaban J connectivity index is 1.88. The minimum atomic E-state index is -0.854. The van der Waals surface area contributed by atoms with Gasteiger partial charge in [0.15, 0.2) is 0 Å². The van der Waals surface area contributed by atoms with E-state index in [1.165, 1.54) is 12.1 Å². The Hall–Kier alpha value is -2.97. The van der Waals surface area contributed by atoms with Crippen LogP contribution in [0.25, 0.3) is 0 Å². The van der Waals surface area contributed by atoms with Crippen LogP contribution in [0.1, 0.15) is 10.4 Å². The highest BCUT2D eigenvalue weighted by molar-refractivity contribution is 7.99. The lowest BCUT2D eigenvalue weighted by atomic mass is 10.2. The molecule has 0 spiro atoms. The normalized spacial score (nSPS) is 10.5. The first-order valence-corrected chi connectivity index (χ1v) is 9.01. The van der Waals surface area contributed by atoms with Crippen molar-refractivity contribution in [3.05, 3.63) is 93.0 Å². The number of hydrogen-bond acceptors (Lipinski definition) is 4. The molecule has 0 fully saturated rings. The third-order valence-corrected chi connectivity index (χ3v) is 5.18. The second-order valence-corrected chi connectivity index (χ2v) is 7.08. The molecule has 0 radical (unpaired) electrons. The van der Waals surface area contributed by atoms with Crippen LogP contribution in [0.3, 0.4) is 0 Å². The zero-order valence-electron chi connectivity index (χ0n) is 14.0. The summed E-state index contributed by atoms with van der Waals surface area (Å²) in [6.07, 6.45) is 0. The maximum absolute atomic E-state index is 13.2. The predicted molar refractivity (Wildman–Crippen MR) is 103 cm³/mol. The van der Waals surface area contributed by atoms with Crippen LogP contribution in [0.15, 0.2) is 70.5 Å². The molecule has 1 N–H and O–H groups in total. The van der Waals surface area contributed by atoms with Gasteiger partial charge in [-0.15, -0.1) is 0 Å². The molecule has 0 bridgehead atoms. The minimum absolute atomic E-state index is 0.0279. The van der Waals surface area contributed by atoms with Gasteiger partial charge in [-0.1, -0.05) is 35.5 Å². The number of carbonyl (C=O) groups is 1. The molecular weight excluding hydrogens is 410 g/mol. The average molecular weight is 421 g/mol. The highest BCUT2D eigenvalue weighted by Crippen LogP contribution is 2.38. The number of nitro groups is 1. The van der Waals surface area contributed by atoms with Crippen molar-refractivity contribution >= 4 is 40.6 Å². The lowest BCUT2D eigenvalue weighted by Gasteiger charge is -2.08. The molecule has 0 aliphatic heterocycles. The number of halogens is 3. The van der Waals surface area contributed by atoms with Crippen molar-refractivity contribution in [1.29, 1.82) is 0 Å². The fraction of sp³-hybridized carbons (Fsp3) is 0. The number of nitro benzene ring substituents is 1. The fourth-order valence-electron chi connectivity index (χ4n) is 2.36. The van der Waals surface area contributed by atoms with Gasteiger partial charge in [0, 0.05) is 28.3 Å². The largest absolute Gasteiger partial charge is 0.322 e. The van der Waals surface area contributed by atoms with Gasteiger partial charge < -0.3 is 5.32 Å². The van der Waals surface area contributed by atoms with E-state index in [0.29, 0.717) is 20.9 Å². The second kappa shape index (κ2) is 8.37. The third-order valence-electron chi connectivity index (χ3n) is 3.59. The minimum Gasteiger partial charge on any atom is -0.322 e. The summed E-state index contributed by atoms with van der Waals surface area (Å²) in [4.78, 5) is 24.1. The molecule has 0 saturated heterocycles. The highest BCUT2D eigenvalue weighted by atomic mass is 35.5. The molecule has 0 saturated carbocycles. The third kappa shape index (κ3) is 4.65. The van der Waals surface area contributed by atoms with E-state index in [1.54, 1.807) is 24.3 Å². The molecular formula is C19H11ClF2N2O3S. The fourth-order valence-corrected chi connectivity index (χ4v) is 3.54. The molecule has 142 valence electrons. The summed E-state index contributed by atoms with van der Waals surface area (Å²) in [5, 5.41) is 14.2. The first-order chi connectivity index (χ1) is 13.3. The van der Waals surface area contributed by atoms with Gasteiger partial charge in [0.1, 0.15) is 11.6 Å². The summed E-state index contributed by atoms with van der Waals surface area (Å²) in [6.45, 7) is 0. The zero-order valence-corrected chi connectivity index (χ0v) is 15.6. The van der Waals surface area contributed by atoms with Crippen molar-refractivity contribution in [2.24, 2.45) is 0 Å². The molecule has 5 nitrogen and oxygen atoms in total. The smallest absolute Gasteiger partial charge is 0.284 e. The highest BCUT2D eigenvalue weighted by Gasteiger charge is 2.19. The SMILES string of the molecule is O=C(Nc1cc(F)cc(F)c1)c1ccc(Sc2ccccc2Cl)c([N+](=O)[O-])c1. The molecule has 0 heterocycles. The Bertz CT molecular complexity index is 1060. The van der Waals surface area contributed by atoms with Gasteiger partial charge in [0.05, 0.1) is 14.8 Å². The summed E-state index contributed by atoms with van der Waals surface area (Å²) in [7, 11) is 0. The Morgan fingerprint density at radius 3 is 2.32 bits per heavy atom. The van der Waals surface area contributed by atoms with Crippen LogP contribution in [-0.4, -0.2) is 10.8 Å². The molecule has 0 aromatic heterocycles. The molecule has 3 aromatic rings. The van der Waals surface area contributed by atoms with E-state index in [9.17, 15) is 23.7 Å². The van der Waals surface area contributed by atoms with Gasteiger partial charge in [-0.05, 0) is 36.4 Å². The number of benzene rings is 3. The van der Waals surface area contributed by atoms with E-state index in [-0.39, 0.29) is 16.9 Å². The molecule has 3 rings (SSSR count). The van der Waals surface area contributed by atoms with Crippen molar-refractivity contribution in [1.82, 2.24) is 0 Å². The first-order valence-electron chi connectivity index (χ1n) is 7.82. The number of hydrogen-bond donors (Lipinski definition) is 1. The number of amides is 1. The second-order valence-electron chi connectivity index (χ2n) is 5.58. The van der Waals surface area contributed by atoms with E-state index in [4.69, 9.17) is 11.6 Å². The number of anilines is 1. The van der Waals surface area contributed by atoms with Gasteiger partial charge in [0.2, 0.25) is 0 Å². The maximum Gasteiger partial charge on any atom is 0.284 e. The van der Waals surface area contributed by atoms with E-state index >= 15 is 0 Å². The van der Waals surface area contributed by atoms with Crippen LogP contribution < -0.4 is 5.32 Å². The molecule has 9 heteroatoms. The topological polar surface area (TPSA) is 72.2 Å². The molecule has 28 heavy (non-hydrogen) atoms. The summed E-state index contributed by atoms with van der Waals surface area (Å²) in [6, 6.07) is 13.3.